The second-order valence-corrected chi connectivity index (χ2v) is 6.41. The van der Waals surface area contributed by atoms with Gasteiger partial charge in [0.25, 0.3) is 0 Å². The van der Waals surface area contributed by atoms with Crippen molar-refractivity contribution in [3.63, 3.8) is 0 Å². The fourth-order valence-corrected chi connectivity index (χ4v) is 3.52. The summed E-state index contributed by atoms with van der Waals surface area (Å²) in [6, 6.07) is 7.25. The summed E-state index contributed by atoms with van der Waals surface area (Å²) in [5, 5.41) is 3.14. The van der Waals surface area contributed by atoms with Gasteiger partial charge >= 0.3 is 10.2 Å². The predicted molar refractivity (Wildman–Crippen MR) is 80.5 cm³/mol. The molecule has 1 aliphatic heterocycles. The fourth-order valence-electron chi connectivity index (χ4n) is 2.27. The number of nitrogens with zero attached hydrogens (tertiary/aromatic N) is 3. The van der Waals surface area contributed by atoms with Crippen LogP contribution >= 0.6 is 0 Å². The third-order valence-corrected chi connectivity index (χ3v) is 4.86. The molecule has 0 spiro atoms. The standard InChI is InChI=1S/C13H17N5O2S/c19-21(20,18-9-6-14-7-10-18)16-12-3-1-2-4-13(12)17-8-5-15-11-17/h1-5,8,11,14,16H,6-7,9-10H2. The monoisotopic (exact) mass is 307 g/mol. The summed E-state index contributed by atoms with van der Waals surface area (Å²) < 4.78 is 30.8. The van der Waals surface area contributed by atoms with E-state index < -0.39 is 10.2 Å². The van der Waals surface area contributed by atoms with Crippen molar-refractivity contribution in [2.45, 2.75) is 0 Å². The molecule has 0 saturated carbocycles. The zero-order valence-electron chi connectivity index (χ0n) is 11.4. The molecule has 3 rings (SSSR count). The van der Waals surface area contributed by atoms with Crippen LogP contribution in [0.1, 0.15) is 0 Å². The molecule has 0 atom stereocenters. The predicted octanol–water partition coefficient (Wildman–Crippen LogP) is 0.434. The van der Waals surface area contributed by atoms with Gasteiger partial charge in [0, 0.05) is 38.6 Å². The Morgan fingerprint density at radius 1 is 1.19 bits per heavy atom. The van der Waals surface area contributed by atoms with E-state index in [9.17, 15) is 8.42 Å². The molecule has 1 aromatic carbocycles. The van der Waals surface area contributed by atoms with Crippen molar-refractivity contribution in [2.24, 2.45) is 0 Å². The van der Waals surface area contributed by atoms with Crippen LogP contribution in [0.2, 0.25) is 0 Å². The maximum Gasteiger partial charge on any atom is 0.301 e. The number of benzene rings is 1. The summed E-state index contributed by atoms with van der Waals surface area (Å²) in [5.74, 6) is 0. The lowest BCUT2D eigenvalue weighted by Crippen LogP contribution is -2.48. The Hall–Kier alpha value is -1.90. The van der Waals surface area contributed by atoms with Gasteiger partial charge in [0.2, 0.25) is 0 Å². The minimum atomic E-state index is -3.54. The van der Waals surface area contributed by atoms with Crippen LogP contribution < -0.4 is 10.0 Å². The highest BCUT2D eigenvalue weighted by Gasteiger charge is 2.24. The molecule has 0 unspecified atom stereocenters. The number of hydrogen-bond donors (Lipinski definition) is 2. The first-order valence-electron chi connectivity index (χ1n) is 6.73. The SMILES string of the molecule is O=S(=O)(Nc1ccccc1-n1ccnc1)N1CCNCC1. The van der Waals surface area contributed by atoms with E-state index in [1.165, 1.54) is 4.31 Å². The smallest absolute Gasteiger partial charge is 0.301 e. The summed E-state index contributed by atoms with van der Waals surface area (Å²) in [7, 11) is -3.54. The molecule has 0 aliphatic carbocycles. The third-order valence-electron chi connectivity index (χ3n) is 3.34. The van der Waals surface area contributed by atoms with Crippen molar-refractivity contribution in [3.05, 3.63) is 43.0 Å². The molecule has 21 heavy (non-hydrogen) atoms. The molecule has 2 aromatic rings. The van der Waals surface area contributed by atoms with Crippen LogP contribution in [0.25, 0.3) is 5.69 Å². The second-order valence-electron chi connectivity index (χ2n) is 4.74. The molecule has 2 N–H and O–H groups in total. The van der Waals surface area contributed by atoms with Gasteiger partial charge in [-0.15, -0.1) is 0 Å². The van der Waals surface area contributed by atoms with Gasteiger partial charge in [-0.3, -0.25) is 4.72 Å². The molecular formula is C13H17N5O2S. The highest BCUT2D eigenvalue weighted by Crippen LogP contribution is 2.21. The van der Waals surface area contributed by atoms with Gasteiger partial charge in [-0.25, -0.2) is 4.98 Å². The van der Waals surface area contributed by atoms with Crippen molar-refractivity contribution in [2.75, 3.05) is 30.9 Å². The fraction of sp³-hybridized carbons (Fsp3) is 0.308. The molecule has 1 aromatic heterocycles. The first-order chi connectivity index (χ1) is 10.2. The van der Waals surface area contributed by atoms with Crippen LogP contribution in [0.15, 0.2) is 43.0 Å². The Bertz CT molecular complexity index is 693. The van der Waals surface area contributed by atoms with Gasteiger partial charge in [-0.1, -0.05) is 12.1 Å². The largest absolute Gasteiger partial charge is 0.314 e. The van der Waals surface area contributed by atoms with Crippen LogP contribution in [-0.4, -0.2) is 48.5 Å². The van der Waals surface area contributed by atoms with E-state index in [1.807, 2.05) is 12.1 Å². The van der Waals surface area contributed by atoms with Gasteiger partial charge in [-0.05, 0) is 12.1 Å². The lowest BCUT2D eigenvalue weighted by atomic mass is 10.3. The maximum atomic E-state index is 12.4. The van der Waals surface area contributed by atoms with E-state index in [-0.39, 0.29) is 0 Å². The number of hydrogen-bond acceptors (Lipinski definition) is 4. The molecular weight excluding hydrogens is 290 g/mol. The van der Waals surface area contributed by atoms with Crippen LogP contribution in [0.5, 0.6) is 0 Å². The van der Waals surface area contributed by atoms with Crippen LogP contribution in [0.3, 0.4) is 0 Å². The Morgan fingerprint density at radius 2 is 1.95 bits per heavy atom. The molecule has 8 heteroatoms. The molecule has 7 nitrogen and oxygen atoms in total. The average Bonchev–Trinajstić information content (AvgIpc) is 3.02. The molecule has 0 amide bonds. The van der Waals surface area contributed by atoms with E-state index in [1.54, 1.807) is 35.4 Å². The molecule has 1 saturated heterocycles. The number of nitrogens with one attached hydrogen (secondary N) is 2. The Labute approximate surface area is 123 Å². The van der Waals surface area contributed by atoms with Gasteiger partial charge in [0.1, 0.15) is 0 Å². The first-order valence-corrected chi connectivity index (χ1v) is 8.17. The van der Waals surface area contributed by atoms with Gasteiger partial charge in [0.15, 0.2) is 0 Å². The van der Waals surface area contributed by atoms with Gasteiger partial charge < -0.3 is 9.88 Å². The summed E-state index contributed by atoms with van der Waals surface area (Å²) in [4.78, 5) is 3.99. The quantitative estimate of drug-likeness (QED) is 0.859. The number of piperazine rings is 1. The van der Waals surface area contributed by atoms with Crippen molar-refractivity contribution in [1.29, 1.82) is 0 Å². The van der Waals surface area contributed by atoms with E-state index >= 15 is 0 Å². The van der Waals surface area contributed by atoms with Gasteiger partial charge in [0.05, 0.1) is 17.7 Å². The van der Waals surface area contributed by atoms with Crippen molar-refractivity contribution in [1.82, 2.24) is 19.2 Å². The Kier molecular flexibility index (Phi) is 3.91. The number of anilines is 1. The van der Waals surface area contributed by atoms with Crippen molar-refractivity contribution >= 4 is 15.9 Å². The molecule has 2 heterocycles. The van der Waals surface area contributed by atoms with E-state index in [2.05, 4.69) is 15.0 Å². The molecule has 1 fully saturated rings. The van der Waals surface area contributed by atoms with Crippen molar-refractivity contribution in [3.8, 4) is 5.69 Å². The number of aromatic nitrogens is 2. The average molecular weight is 307 g/mol. The summed E-state index contributed by atoms with van der Waals surface area (Å²) in [6.07, 6.45) is 5.07. The molecule has 112 valence electrons. The Balaban J connectivity index is 1.88. The minimum Gasteiger partial charge on any atom is -0.314 e. The normalized spacial score (nSPS) is 16.8. The van der Waals surface area contributed by atoms with E-state index in [4.69, 9.17) is 0 Å². The third kappa shape index (κ3) is 3.07. The van der Waals surface area contributed by atoms with Crippen LogP contribution in [-0.2, 0) is 10.2 Å². The molecule has 1 aliphatic rings. The summed E-state index contributed by atoms with van der Waals surface area (Å²) in [5.41, 5.74) is 1.28. The lowest BCUT2D eigenvalue weighted by Gasteiger charge is -2.27. The maximum absolute atomic E-state index is 12.4. The number of rotatable bonds is 4. The lowest BCUT2D eigenvalue weighted by molar-refractivity contribution is 0.362. The van der Waals surface area contributed by atoms with Crippen LogP contribution in [0, 0.1) is 0 Å². The number of para-hydroxylation sites is 2. The van der Waals surface area contributed by atoms with Crippen LogP contribution in [0.4, 0.5) is 5.69 Å². The number of imidazole rings is 1. The minimum absolute atomic E-state index is 0.475. The molecule has 0 bridgehead atoms. The van der Waals surface area contributed by atoms with E-state index in [0.29, 0.717) is 31.9 Å². The summed E-state index contributed by atoms with van der Waals surface area (Å²) >= 11 is 0. The van der Waals surface area contributed by atoms with Gasteiger partial charge in [-0.2, -0.15) is 12.7 Å². The first kappa shape index (κ1) is 14.1. The summed E-state index contributed by atoms with van der Waals surface area (Å²) in [6.45, 7) is 2.29. The highest BCUT2D eigenvalue weighted by molar-refractivity contribution is 7.90. The van der Waals surface area contributed by atoms with Crippen molar-refractivity contribution < 1.29 is 8.42 Å². The van der Waals surface area contributed by atoms with E-state index in [0.717, 1.165) is 5.69 Å². The zero-order chi connectivity index (χ0) is 14.7. The Morgan fingerprint density at radius 3 is 2.67 bits per heavy atom. The molecule has 0 radical (unpaired) electrons. The topological polar surface area (TPSA) is 79.3 Å². The zero-order valence-corrected chi connectivity index (χ0v) is 12.3. The highest BCUT2D eigenvalue weighted by atomic mass is 32.2. The second kappa shape index (κ2) is 5.84.